The lowest BCUT2D eigenvalue weighted by Crippen LogP contribution is -2.31. The average molecular weight is 357 g/mol. The molecule has 2 nitrogen and oxygen atoms in total. The van der Waals surface area contributed by atoms with Crippen LogP contribution in [-0.4, -0.2) is 24.0 Å². The van der Waals surface area contributed by atoms with E-state index in [1.54, 1.807) is 11.3 Å². The van der Waals surface area contributed by atoms with Crippen LogP contribution in [0.1, 0.15) is 16.9 Å². The van der Waals surface area contributed by atoms with Crippen LogP contribution in [0.15, 0.2) is 54.6 Å². The monoisotopic (exact) mass is 356 g/mol. The zero-order valence-electron chi connectivity index (χ0n) is 13.5. The molecule has 0 bridgehead atoms. The SMILES string of the molecule is Clc1c(CNC2CCN(Cc3ccccc3)C2)sc2ccccc12. The quantitative estimate of drug-likeness (QED) is 0.698. The van der Waals surface area contributed by atoms with E-state index in [1.807, 2.05) is 0 Å². The molecule has 4 heteroatoms. The van der Waals surface area contributed by atoms with Crippen LogP contribution in [0, 0.1) is 0 Å². The van der Waals surface area contributed by atoms with Crippen molar-refractivity contribution in [2.24, 2.45) is 0 Å². The molecule has 24 heavy (non-hydrogen) atoms. The van der Waals surface area contributed by atoms with Crippen molar-refractivity contribution in [3.05, 3.63) is 70.1 Å². The Bertz CT molecular complexity index is 815. The molecule has 1 aliphatic rings. The van der Waals surface area contributed by atoms with Gasteiger partial charge in [0.15, 0.2) is 0 Å². The third-order valence-electron chi connectivity index (χ3n) is 4.67. The molecule has 0 amide bonds. The number of likely N-dealkylation sites (tertiary alicyclic amines) is 1. The third kappa shape index (κ3) is 3.50. The Morgan fingerprint density at radius 2 is 1.88 bits per heavy atom. The van der Waals surface area contributed by atoms with Crippen molar-refractivity contribution in [1.82, 2.24) is 10.2 Å². The fourth-order valence-corrected chi connectivity index (χ4v) is 4.85. The Morgan fingerprint density at radius 1 is 1.08 bits per heavy atom. The molecule has 1 saturated heterocycles. The van der Waals surface area contributed by atoms with Gasteiger partial charge >= 0.3 is 0 Å². The van der Waals surface area contributed by atoms with Gasteiger partial charge in [0.25, 0.3) is 0 Å². The summed E-state index contributed by atoms with van der Waals surface area (Å²) >= 11 is 8.34. The zero-order valence-corrected chi connectivity index (χ0v) is 15.1. The molecule has 0 radical (unpaired) electrons. The summed E-state index contributed by atoms with van der Waals surface area (Å²) in [5.41, 5.74) is 1.39. The minimum absolute atomic E-state index is 0.551. The summed E-state index contributed by atoms with van der Waals surface area (Å²) in [7, 11) is 0. The smallest absolute Gasteiger partial charge is 0.0636 e. The minimum Gasteiger partial charge on any atom is -0.308 e. The van der Waals surface area contributed by atoms with E-state index in [0.717, 1.165) is 31.2 Å². The Hall–Kier alpha value is -1.39. The van der Waals surface area contributed by atoms with Gasteiger partial charge in [-0.15, -0.1) is 11.3 Å². The van der Waals surface area contributed by atoms with Crippen LogP contribution in [0.3, 0.4) is 0 Å². The van der Waals surface area contributed by atoms with Crippen LogP contribution in [0.25, 0.3) is 10.1 Å². The second-order valence-corrected chi connectivity index (χ2v) is 7.94. The van der Waals surface area contributed by atoms with Gasteiger partial charge in [-0.25, -0.2) is 0 Å². The molecule has 1 N–H and O–H groups in total. The average Bonchev–Trinajstić information content (AvgIpc) is 3.19. The van der Waals surface area contributed by atoms with E-state index in [9.17, 15) is 0 Å². The highest BCUT2D eigenvalue weighted by molar-refractivity contribution is 7.19. The Morgan fingerprint density at radius 3 is 2.71 bits per heavy atom. The van der Waals surface area contributed by atoms with Crippen molar-refractivity contribution in [3.8, 4) is 0 Å². The fraction of sp³-hybridized carbons (Fsp3) is 0.300. The predicted octanol–water partition coefficient (Wildman–Crippen LogP) is 4.92. The molecule has 2 heterocycles. The second-order valence-electron chi connectivity index (χ2n) is 6.42. The van der Waals surface area contributed by atoms with Crippen molar-refractivity contribution in [1.29, 1.82) is 0 Å². The van der Waals surface area contributed by atoms with E-state index in [0.29, 0.717) is 6.04 Å². The molecule has 1 aliphatic heterocycles. The molecule has 4 rings (SSSR count). The number of halogens is 1. The van der Waals surface area contributed by atoms with Gasteiger partial charge in [-0.2, -0.15) is 0 Å². The van der Waals surface area contributed by atoms with Crippen LogP contribution in [0.2, 0.25) is 5.02 Å². The third-order valence-corrected chi connectivity index (χ3v) is 6.39. The van der Waals surface area contributed by atoms with E-state index in [-0.39, 0.29) is 0 Å². The van der Waals surface area contributed by atoms with Gasteiger partial charge in [0.05, 0.1) is 5.02 Å². The first-order valence-electron chi connectivity index (χ1n) is 8.45. The van der Waals surface area contributed by atoms with Crippen LogP contribution in [-0.2, 0) is 13.1 Å². The van der Waals surface area contributed by atoms with Crippen LogP contribution < -0.4 is 5.32 Å². The first kappa shape index (κ1) is 16.1. The summed E-state index contributed by atoms with van der Waals surface area (Å²) in [5.74, 6) is 0. The highest BCUT2D eigenvalue weighted by Gasteiger charge is 2.22. The summed E-state index contributed by atoms with van der Waals surface area (Å²) in [6.45, 7) is 4.18. The summed E-state index contributed by atoms with van der Waals surface area (Å²) in [4.78, 5) is 3.78. The number of hydrogen-bond donors (Lipinski definition) is 1. The van der Waals surface area contributed by atoms with E-state index in [2.05, 4.69) is 64.8 Å². The number of nitrogens with one attached hydrogen (secondary N) is 1. The molecule has 2 aromatic carbocycles. The maximum Gasteiger partial charge on any atom is 0.0636 e. The van der Waals surface area contributed by atoms with Gasteiger partial charge in [-0.3, -0.25) is 4.90 Å². The van der Waals surface area contributed by atoms with Crippen molar-refractivity contribution < 1.29 is 0 Å². The second kappa shape index (κ2) is 7.24. The van der Waals surface area contributed by atoms with E-state index in [1.165, 1.54) is 26.9 Å². The number of fused-ring (bicyclic) bond motifs is 1. The van der Waals surface area contributed by atoms with Crippen molar-refractivity contribution in [2.75, 3.05) is 13.1 Å². The summed E-state index contributed by atoms with van der Waals surface area (Å²) in [6, 6.07) is 19.6. The van der Waals surface area contributed by atoms with Gasteiger partial charge in [-0.05, 0) is 18.1 Å². The van der Waals surface area contributed by atoms with E-state index >= 15 is 0 Å². The molecule has 1 unspecified atom stereocenters. The van der Waals surface area contributed by atoms with Crippen molar-refractivity contribution in [2.45, 2.75) is 25.6 Å². The standard InChI is InChI=1S/C20H21ClN2S/c21-20-17-8-4-5-9-18(17)24-19(20)12-22-16-10-11-23(14-16)13-15-6-2-1-3-7-15/h1-9,16,22H,10-14H2. The van der Waals surface area contributed by atoms with Gasteiger partial charge in [0.2, 0.25) is 0 Å². The Kier molecular flexibility index (Phi) is 4.86. The predicted molar refractivity (Wildman–Crippen MR) is 104 cm³/mol. The number of nitrogens with zero attached hydrogens (tertiary/aromatic N) is 1. The minimum atomic E-state index is 0.551. The Balaban J connectivity index is 1.34. The van der Waals surface area contributed by atoms with Gasteiger partial charge in [-0.1, -0.05) is 60.1 Å². The molecule has 0 aliphatic carbocycles. The normalized spacial score (nSPS) is 18.5. The maximum absolute atomic E-state index is 6.54. The number of thiophene rings is 1. The summed E-state index contributed by atoms with van der Waals surface area (Å²) in [6.07, 6.45) is 1.20. The Labute approximate surface area is 152 Å². The lowest BCUT2D eigenvalue weighted by molar-refractivity contribution is 0.320. The molecule has 0 saturated carbocycles. The van der Waals surface area contributed by atoms with Crippen molar-refractivity contribution >= 4 is 33.0 Å². The molecule has 124 valence electrons. The molecule has 1 fully saturated rings. The maximum atomic E-state index is 6.54. The van der Waals surface area contributed by atoms with Crippen LogP contribution in [0.4, 0.5) is 0 Å². The van der Waals surface area contributed by atoms with Crippen LogP contribution >= 0.6 is 22.9 Å². The molecule has 3 aromatic rings. The largest absolute Gasteiger partial charge is 0.308 e. The first-order chi connectivity index (χ1) is 11.8. The summed E-state index contributed by atoms with van der Waals surface area (Å²) < 4.78 is 1.27. The lowest BCUT2D eigenvalue weighted by Gasteiger charge is -2.16. The van der Waals surface area contributed by atoms with Gasteiger partial charge in [0, 0.05) is 47.2 Å². The lowest BCUT2D eigenvalue weighted by atomic mass is 10.2. The first-order valence-corrected chi connectivity index (χ1v) is 9.64. The van der Waals surface area contributed by atoms with E-state index < -0.39 is 0 Å². The highest BCUT2D eigenvalue weighted by Crippen LogP contribution is 2.35. The van der Waals surface area contributed by atoms with Crippen LogP contribution in [0.5, 0.6) is 0 Å². The molecular weight excluding hydrogens is 336 g/mol. The summed E-state index contributed by atoms with van der Waals surface area (Å²) in [5, 5.41) is 5.80. The fourth-order valence-electron chi connectivity index (χ4n) is 3.40. The topological polar surface area (TPSA) is 15.3 Å². The molecule has 0 spiro atoms. The highest BCUT2D eigenvalue weighted by atomic mass is 35.5. The van der Waals surface area contributed by atoms with Gasteiger partial charge < -0.3 is 5.32 Å². The molecule has 1 aromatic heterocycles. The zero-order chi connectivity index (χ0) is 16.4. The number of rotatable bonds is 5. The number of benzene rings is 2. The van der Waals surface area contributed by atoms with Gasteiger partial charge in [0.1, 0.15) is 0 Å². The molecule has 1 atom stereocenters. The van der Waals surface area contributed by atoms with E-state index in [4.69, 9.17) is 11.6 Å². The molecular formula is C20H21ClN2S. The van der Waals surface area contributed by atoms with Crippen molar-refractivity contribution in [3.63, 3.8) is 0 Å². The number of hydrogen-bond acceptors (Lipinski definition) is 3.